The van der Waals surface area contributed by atoms with Crippen molar-refractivity contribution in [2.75, 3.05) is 0 Å². The van der Waals surface area contributed by atoms with Crippen LogP contribution in [0.4, 0.5) is 0 Å². The van der Waals surface area contributed by atoms with Crippen LogP contribution in [-0.4, -0.2) is 35.1 Å². The number of rotatable bonds is 7. The first-order valence-electron chi connectivity index (χ1n) is 8.27. The molecule has 3 aromatic rings. The molecule has 10 heteroatoms. The van der Waals surface area contributed by atoms with Gasteiger partial charge in [-0.3, -0.25) is 4.55 Å². The Morgan fingerprint density at radius 2 is 1.10 bits per heavy atom. The van der Waals surface area contributed by atoms with Gasteiger partial charge in [0.25, 0.3) is 10.1 Å². The second-order valence-electron chi connectivity index (χ2n) is 5.95. The summed E-state index contributed by atoms with van der Waals surface area (Å²) in [5.41, 5.74) is 0.0775. The van der Waals surface area contributed by atoms with Crippen LogP contribution < -0.4 is 9.47 Å². The van der Waals surface area contributed by atoms with Crippen LogP contribution in [0.5, 0.6) is 23.0 Å². The fraction of sp³-hybridized carbons (Fsp3) is 0. The van der Waals surface area contributed by atoms with Gasteiger partial charge in [0.15, 0.2) is 0 Å². The number of hydrogen-bond donors (Lipinski definition) is 3. The summed E-state index contributed by atoms with van der Waals surface area (Å²) in [6.45, 7) is 0. The Morgan fingerprint density at radius 1 is 0.667 bits per heavy atom. The van der Waals surface area contributed by atoms with Gasteiger partial charge in [-0.25, -0.2) is 9.59 Å². The molecule has 0 fully saturated rings. The largest absolute Gasteiger partial charge is 0.478 e. The van der Waals surface area contributed by atoms with Crippen LogP contribution in [0.1, 0.15) is 20.7 Å². The van der Waals surface area contributed by atoms with E-state index in [1.54, 1.807) is 0 Å². The van der Waals surface area contributed by atoms with E-state index in [0.29, 0.717) is 0 Å². The van der Waals surface area contributed by atoms with Crippen LogP contribution in [0.15, 0.2) is 71.6 Å². The highest BCUT2D eigenvalue weighted by Crippen LogP contribution is 2.34. The summed E-state index contributed by atoms with van der Waals surface area (Å²) in [5, 5.41) is 17.8. The molecular formula is C20H14O9S. The zero-order valence-corrected chi connectivity index (χ0v) is 15.9. The van der Waals surface area contributed by atoms with Crippen LogP contribution in [0, 0.1) is 0 Å². The molecule has 30 heavy (non-hydrogen) atoms. The maximum atomic E-state index is 11.8. The maximum Gasteiger partial charge on any atom is 0.335 e. The third kappa shape index (κ3) is 4.93. The van der Waals surface area contributed by atoms with E-state index in [4.69, 9.17) is 19.7 Å². The molecule has 0 bridgehead atoms. The zero-order valence-electron chi connectivity index (χ0n) is 15.1. The minimum absolute atomic E-state index is 0.0232. The van der Waals surface area contributed by atoms with Gasteiger partial charge in [0.05, 0.1) is 11.1 Å². The molecule has 0 aliphatic rings. The van der Waals surface area contributed by atoms with Crippen molar-refractivity contribution < 1.29 is 42.2 Å². The zero-order chi connectivity index (χ0) is 21.9. The summed E-state index contributed by atoms with van der Waals surface area (Å²) in [6.07, 6.45) is 0. The molecule has 0 aliphatic heterocycles. The first kappa shape index (κ1) is 20.8. The Balaban J connectivity index is 1.88. The Kier molecular flexibility index (Phi) is 5.72. The summed E-state index contributed by atoms with van der Waals surface area (Å²) in [4.78, 5) is 21.2. The molecule has 0 atom stereocenters. The molecule has 0 aromatic heterocycles. The lowest BCUT2D eigenvalue weighted by atomic mass is 10.2. The fourth-order valence-corrected chi connectivity index (χ4v) is 3.06. The Bertz CT molecular complexity index is 1200. The normalized spacial score (nSPS) is 11.0. The third-order valence-corrected chi connectivity index (χ3v) is 4.73. The molecule has 0 saturated carbocycles. The van der Waals surface area contributed by atoms with Gasteiger partial charge in [-0.1, -0.05) is 0 Å². The molecule has 0 unspecified atom stereocenters. The minimum Gasteiger partial charge on any atom is -0.478 e. The molecule has 0 saturated heterocycles. The lowest BCUT2D eigenvalue weighted by Gasteiger charge is -2.12. The van der Waals surface area contributed by atoms with Crippen molar-refractivity contribution in [2.45, 2.75) is 4.90 Å². The number of aromatic carboxylic acids is 2. The van der Waals surface area contributed by atoms with Gasteiger partial charge < -0.3 is 19.7 Å². The van der Waals surface area contributed by atoms with E-state index in [1.165, 1.54) is 60.7 Å². The summed E-state index contributed by atoms with van der Waals surface area (Å²) in [6, 6.07) is 14.4. The van der Waals surface area contributed by atoms with E-state index in [9.17, 15) is 22.6 Å². The summed E-state index contributed by atoms with van der Waals surface area (Å²) in [5.74, 6) is -1.97. The molecule has 9 nitrogen and oxygen atoms in total. The molecule has 3 N–H and O–H groups in total. The summed E-state index contributed by atoms with van der Waals surface area (Å²) >= 11 is 0. The van der Waals surface area contributed by atoms with Crippen LogP contribution in [0.3, 0.4) is 0 Å². The van der Waals surface area contributed by atoms with E-state index in [-0.39, 0.29) is 34.1 Å². The number of carboxylic acids is 2. The van der Waals surface area contributed by atoms with Crippen molar-refractivity contribution in [2.24, 2.45) is 0 Å². The van der Waals surface area contributed by atoms with Crippen molar-refractivity contribution in [1.29, 1.82) is 0 Å². The molecular weight excluding hydrogens is 416 g/mol. The second kappa shape index (κ2) is 8.23. The Hall–Kier alpha value is -3.89. The standard InChI is InChI=1S/C20H14O9S/c21-19(22)12-1-5-14(6-2-12)28-16-9-10-17(18(11-16)30(25,26)27)29-15-7-3-13(4-8-15)20(23)24/h1-11H,(H,21,22)(H,23,24)(H,25,26,27). The molecule has 0 spiro atoms. The van der Waals surface area contributed by atoms with Gasteiger partial charge in [-0.05, 0) is 60.7 Å². The molecule has 0 radical (unpaired) electrons. The van der Waals surface area contributed by atoms with Crippen molar-refractivity contribution in [1.82, 2.24) is 0 Å². The topological polar surface area (TPSA) is 147 Å². The average Bonchev–Trinajstić information content (AvgIpc) is 2.69. The van der Waals surface area contributed by atoms with Crippen LogP contribution in [0.2, 0.25) is 0 Å². The van der Waals surface area contributed by atoms with E-state index < -0.39 is 27.0 Å². The lowest BCUT2D eigenvalue weighted by Crippen LogP contribution is -2.02. The van der Waals surface area contributed by atoms with Gasteiger partial charge in [-0.2, -0.15) is 8.42 Å². The molecule has 0 aliphatic carbocycles. The Labute approximate surface area is 170 Å². The van der Waals surface area contributed by atoms with Crippen molar-refractivity contribution in [3.8, 4) is 23.0 Å². The first-order chi connectivity index (χ1) is 14.1. The van der Waals surface area contributed by atoms with Crippen molar-refractivity contribution >= 4 is 22.1 Å². The van der Waals surface area contributed by atoms with Gasteiger partial charge in [-0.15, -0.1) is 0 Å². The highest BCUT2D eigenvalue weighted by atomic mass is 32.2. The van der Waals surface area contributed by atoms with Gasteiger partial charge >= 0.3 is 11.9 Å². The first-order valence-corrected chi connectivity index (χ1v) is 9.71. The highest BCUT2D eigenvalue weighted by molar-refractivity contribution is 7.86. The van der Waals surface area contributed by atoms with E-state index in [1.807, 2.05) is 0 Å². The summed E-state index contributed by atoms with van der Waals surface area (Å²) in [7, 11) is -4.68. The van der Waals surface area contributed by atoms with Gasteiger partial charge in [0.2, 0.25) is 0 Å². The second-order valence-corrected chi connectivity index (χ2v) is 7.34. The molecule has 0 amide bonds. The molecule has 0 heterocycles. The Morgan fingerprint density at radius 3 is 1.53 bits per heavy atom. The van der Waals surface area contributed by atoms with Crippen LogP contribution in [0.25, 0.3) is 0 Å². The number of hydrogen-bond acceptors (Lipinski definition) is 6. The highest BCUT2D eigenvalue weighted by Gasteiger charge is 2.19. The monoisotopic (exact) mass is 430 g/mol. The van der Waals surface area contributed by atoms with Crippen molar-refractivity contribution in [3.63, 3.8) is 0 Å². The predicted molar refractivity (Wildman–Crippen MR) is 103 cm³/mol. The molecule has 3 rings (SSSR count). The minimum atomic E-state index is -4.68. The number of carboxylic acid groups (broad SMARTS) is 2. The molecule has 3 aromatic carbocycles. The number of carbonyl (C=O) groups is 2. The van der Waals surface area contributed by atoms with Crippen LogP contribution >= 0.6 is 0 Å². The quantitative estimate of drug-likeness (QED) is 0.474. The smallest absolute Gasteiger partial charge is 0.335 e. The van der Waals surface area contributed by atoms with Gasteiger partial charge in [0.1, 0.15) is 27.9 Å². The van der Waals surface area contributed by atoms with E-state index in [0.717, 1.165) is 6.07 Å². The summed E-state index contributed by atoms with van der Waals surface area (Å²) < 4.78 is 44.1. The van der Waals surface area contributed by atoms with E-state index in [2.05, 4.69) is 0 Å². The maximum absolute atomic E-state index is 11.8. The number of ether oxygens (including phenoxy) is 2. The SMILES string of the molecule is O=C(O)c1ccc(Oc2ccc(Oc3ccc(C(=O)O)cc3)c(S(=O)(=O)O)c2)cc1. The molecule has 154 valence electrons. The van der Waals surface area contributed by atoms with Gasteiger partial charge in [0, 0.05) is 6.07 Å². The third-order valence-electron chi connectivity index (χ3n) is 3.86. The average molecular weight is 430 g/mol. The van der Waals surface area contributed by atoms with Crippen molar-refractivity contribution in [3.05, 3.63) is 77.9 Å². The predicted octanol–water partition coefficient (Wildman–Crippen LogP) is 3.91. The van der Waals surface area contributed by atoms with Crippen LogP contribution in [-0.2, 0) is 10.1 Å². The lowest BCUT2D eigenvalue weighted by molar-refractivity contribution is 0.0686. The van der Waals surface area contributed by atoms with E-state index >= 15 is 0 Å². The fourth-order valence-electron chi connectivity index (χ4n) is 2.43. The number of benzene rings is 3.